The minimum absolute atomic E-state index is 0.0303. The highest BCUT2D eigenvalue weighted by molar-refractivity contribution is 6.00. The first kappa shape index (κ1) is 28.0. The molecule has 1 fully saturated rings. The van der Waals surface area contributed by atoms with Crippen molar-refractivity contribution in [3.8, 4) is 22.8 Å². The van der Waals surface area contributed by atoms with Crippen LogP contribution in [0.2, 0.25) is 0 Å². The van der Waals surface area contributed by atoms with Gasteiger partial charge in [-0.05, 0) is 43.2 Å². The van der Waals surface area contributed by atoms with E-state index in [0.717, 1.165) is 25.0 Å². The van der Waals surface area contributed by atoms with Gasteiger partial charge in [0.25, 0.3) is 5.91 Å². The lowest BCUT2D eigenvalue weighted by molar-refractivity contribution is -0.265. The molecular weight excluding hydrogens is 556 g/mol. The molecule has 2 aromatic carbocycles. The molecule has 0 unspecified atom stereocenters. The Morgan fingerprint density at radius 2 is 1.95 bits per heavy atom. The summed E-state index contributed by atoms with van der Waals surface area (Å²) in [5.41, 5.74) is -4.49. The number of fused-ring (bicyclic) bond motifs is 2. The molecular formula is C30H28F4N4O4. The summed E-state index contributed by atoms with van der Waals surface area (Å²) in [4.78, 5) is 17.3. The number of amides is 1. The van der Waals surface area contributed by atoms with Crippen molar-refractivity contribution in [3.05, 3.63) is 71.3 Å². The van der Waals surface area contributed by atoms with Crippen molar-refractivity contribution in [1.29, 1.82) is 0 Å². The number of nitrogens with zero attached hydrogens (tertiary/aromatic N) is 3. The maximum absolute atomic E-state index is 14.8. The third-order valence-electron chi connectivity index (χ3n) is 7.80. The van der Waals surface area contributed by atoms with Crippen molar-refractivity contribution in [2.75, 3.05) is 20.3 Å². The molecule has 42 heavy (non-hydrogen) atoms. The van der Waals surface area contributed by atoms with Gasteiger partial charge in [0.15, 0.2) is 0 Å². The number of nitrogens with one attached hydrogen (secondary N) is 1. The Labute approximate surface area is 238 Å². The number of alkyl halides is 3. The van der Waals surface area contributed by atoms with Gasteiger partial charge in [-0.15, -0.1) is 0 Å². The number of rotatable bonds is 7. The van der Waals surface area contributed by atoms with Crippen molar-refractivity contribution in [1.82, 2.24) is 20.1 Å². The Balaban J connectivity index is 1.38. The van der Waals surface area contributed by atoms with Crippen LogP contribution in [0.25, 0.3) is 22.2 Å². The molecule has 2 N–H and O–H groups in total. The van der Waals surface area contributed by atoms with E-state index in [2.05, 4.69) is 15.4 Å². The summed E-state index contributed by atoms with van der Waals surface area (Å²) in [5, 5.41) is 18.6. The van der Waals surface area contributed by atoms with Gasteiger partial charge in [0, 0.05) is 33.7 Å². The van der Waals surface area contributed by atoms with Crippen molar-refractivity contribution in [2.45, 2.75) is 49.9 Å². The van der Waals surface area contributed by atoms with Gasteiger partial charge < -0.3 is 19.9 Å². The highest BCUT2D eigenvalue weighted by atomic mass is 19.4. The Bertz CT molecular complexity index is 1710. The quantitative estimate of drug-likeness (QED) is 0.281. The number of aliphatic hydroxyl groups is 1. The Kier molecular flexibility index (Phi) is 6.45. The number of methoxy groups -OCH3 is 1. The molecule has 1 saturated carbocycles. The fourth-order valence-corrected chi connectivity index (χ4v) is 5.14. The first-order valence-corrected chi connectivity index (χ1v) is 13.4. The highest BCUT2D eigenvalue weighted by Gasteiger charge is 2.57. The fraction of sp³-hybridized carbons (Fsp3) is 0.367. The standard InChI is InChI=1S/C30H28F4N4O4/c1-28(2)15-42-26-20(28)12-23(36-25(26)19-6-4-5-7-21(19)31)29(40,30(32,33)34)14-35-27(39)16-10-17-13-38(18-8-9-18)37-24(17)22(11-16)41-3/h4-7,10-13,18,40H,8-9,14-15H2,1-3H3,(H,35,39)/t29-/m1/s1. The molecule has 4 aromatic rings. The molecule has 3 heterocycles. The van der Waals surface area contributed by atoms with Crippen LogP contribution in [-0.2, 0) is 11.0 Å². The van der Waals surface area contributed by atoms with Gasteiger partial charge in [0.1, 0.15) is 28.5 Å². The number of carbonyl (C=O) groups is 1. The van der Waals surface area contributed by atoms with Crippen molar-refractivity contribution < 1.29 is 36.9 Å². The molecule has 2 aromatic heterocycles. The van der Waals surface area contributed by atoms with Gasteiger partial charge in [0.05, 0.1) is 32.0 Å². The topological polar surface area (TPSA) is 98.5 Å². The number of hydrogen-bond donors (Lipinski definition) is 2. The largest absolute Gasteiger partial charge is 0.494 e. The third-order valence-corrected chi connectivity index (χ3v) is 7.80. The van der Waals surface area contributed by atoms with Crippen LogP contribution in [0, 0.1) is 5.82 Å². The number of hydrogen-bond acceptors (Lipinski definition) is 6. The van der Waals surface area contributed by atoms with Crippen LogP contribution in [0.4, 0.5) is 17.6 Å². The lowest BCUT2D eigenvalue weighted by Crippen LogP contribution is -2.51. The number of aromatic nitrogens is 3. The number of ether oxygens (including phenoxy) is 2. The molecule has 2 aliphatic rings. The summed E-state index contributed by atoms with van der Waals surface area (Å²) in [6.07, 6.45) is -1.53. The van der Waals surface area contributed by atoms with E-state index in [1.165, 1.54) is 37.4 Å². The number of carbonyl (C=O) groups excluding carboxylic acids is 1. The molecule has 0 radical (unpaired) electrons. The first-order chi connectivity index (χ1) is 19.8. The van der Waals surface area contributed by atoms with Gasteiger partial charge in [-0.25, -0.2) is 9.37 Å². The molecule has 0 bridgehead atoms. The second-order valence-corrected chi connectivity index (χ2v) is 11.4. The van der Waals surface area contributed by atoms with E-state index in [-0.39, 0.29) is 35.2 Å². The van der Waals surface area contributed by atoms with E-state index < -0.39 is 41.2 Å². The molecule has 220 valence electrons. The summed E-state index contributed by atoms with van der Waals surface area (Å²) >= 11 is 0. The van der Waals surface area contributed by atoms with E-state index in [1.807, 2.05) is 0 Å². The van der Waals surface area contributed by atoms with Crippen LogP contribution in [0.5, 0.6) is 11.5 Å². The predicted molar refractivity (Wildman–Crippen MR) is 145 cm³/mol. The Morgan fingerprint density at radius 3 is 2.62 bits per heavy atom. The predicted octanol–water partition coefficient (Wildman–Crippen LogP) is 5.43. The molecule has 6 rings (SSSR count). The third kappa shape index (κ3) is 4.63. The second kappa shape index (κ2) is 9.69. The molecule has 1 amide bonds. The molecule has 1 aliphatic heterocycles. The van der Waals surface area contributed by atoms with E-state index in [0.29, 0.717) is 22.2 Å². The van der Waals surface area contributed by atoms with Crippen LogP contribution < -0.4 is 14.8 Å². The van der Waals surface area contributed by atoms with E-state index in [1.54, 1.807) is 24.7 Å². The number of pyridine rings is 1. The summed E-state index contributed by atoms with van der Waals surface area (Å²) in [5.74, 6) is -1.14. The lowest BCUT2D eigenvalue weighted by atomic mass is 9.84. The molecule has 12 heteroatoms. The van der Waals surface area contributed by atoms with Crippen LogP contribution in [0.15, 0.2) is 48.7 Å². The maximum Gasteiger partial charge on any atom is 0.424 e. The SMILES string of the molecule is COc1cc(C(=O)NC[C@@](O)(c2cc3c(c(-c4ccccc4F)n2)OCC3(C)C)C(F)(F)F)cc2cn(C3CC3)nc12. The summed E-state index contributed by atoms with van der Waals surface area (Å²) < 4.78 is 71.6. The van der Waals surface area contributed by atoms with Gasteiger partial charge >= 0.3 is 6.18 Å². The zero-order valence-corrected chi connectivity index (χ0v) is 23.1. The molecule has 8 nitrogen and oxygen atoms in total. The normalized spacial score (nSPS) is 17.4. The van der Waals surface area contributed by atoms with Gasteiger partial charge in [-0.1, -0.05) is 26.0 Å². The molecule has 1 aliphatic carbocycles. The van der Waals surface area contributed by atoms with Crippen molar-refractivity contribution >= 4 is 16.8 Å². The zero-order chi connectivity index (χ0) is 30.0. The van der Waals surface area contributed by atoms with Gasteiger partial charge in [-0.2, -0.15) is 18.3 Å². The summed E-state index contributed by atoms with van der Waals surface area (Å²) in [7, 11) is 1.41. The maximum atomic E-state index is 14.8. The van der Waals surface area contributed by atoms with Crippen LogP contribution in [-0.4, -0.2) is 52.2 Å². The minimum atomic E-state index is -5.26. The molecule has 0 spiro atoms. The average Bonchev–Trinajstić information content (AvgIpc) is 3.63. The minimum Gasteiger partial charge on any atom is -0.494 e. The van der Waals surface area contributed by atoms with E-state index >= 15 is 0 Å². The summed E-state index contributed by atoms with van der Waals surface area (Å²) in [6.45, 7) is 2.40. The second-order valence-electron chi connectivity index (χ2n) is 11.4. The number of halogens is 4. The monoisotopic (exact) mass is 584 g/mol. The number of benzene rings is 2. The van der Waals surface area contributed by atoms with Gasteiger partial charge in [0.2, 0.25) is 5.60 Å². The van der Waals surface area contributed by atoms with Crippen molar-refractivity contribution in [2.24, 2.45) is 0 Å². The zero-order valence-electron chi connectivity index (χ0n) is 23.1. The Morgan fingerprint density at radius 1 is 1.21 bits per heavy atom. The smallest absolute Gasteiger partial charge is 0.424 e. The molecule has 1 atom stereocenters. The average molecular weight is 585 g/mol. The lowest BCUT2D eigenvalue weighted by Gasteiger charge is -2.31. The Hall–Kier alpha value is -4.19. The highest BCUT2D eigenvalue weighted by Crippen LogP contribution is 2.48. The van der Waals surface area contributed by atoms with Gasteiger partial charge in [-0.3, -0.25) is 9.48 Å². The molecule has 0 saturated heterocycles. The first-order valence-electron chi connectivity index (χ1n) is 13.4. The fourth-order valence-electron chi connectivity index (χ4n) is 5.14. The van der Waals surface area contributed by atoms with E-state index in [9.17, 15) is 27.5 Å². The van der Waals surface area contributed by atoms with Crippen LogP contribution in [0.3, 0.4) is 0 Å². The summed E-state index contributed by atoms with van der Waals surface area (Å²) in [6, 6.07) is 9.78. The van der Waals surface area contributed by atoms with Crippen molar-refractivity contribution in [3.63, 3.8) is 0 Å². The van der Waals surface area contributed by atoms with Crippen LogP contribution in [0.1, 0.15) is 54.3 Å². The van der Waals surface area contributed by atoms with E-state index in [4.69, 9.17) is 9.47 Å². The van der Waals surface area contributed by atoms with Crippen LogP contribution >= 0.6 is 0 Å².